The summed E-state index contributed by atoms with van der Waals surface area (Å²) in [6, 6.07) is 5.21. The highest BCUT2D eigenvalue weighted by molar-refractivity contribution is 6.10. The third kappa shape index (κ3) is 3.94. The molecule has 126 valence electrons. The van der Waals surface area contributed by atoms with Gasteiger partial charge < -0.3 is 20.1 Å². The summed E-state index contributed by atoms with van der Waals surface area (Å²) >= 11 is 0. The van der Waals surface area contributed by atoms with E-state index in [9.17, 15) is 9.59 Å². The van der Waals surface area contributed by atoms with Crippen molar-refractivity contribution in [3.05, 3.63) is 18.2 Å². The van der Waals surface area contributed by atoms with Gasteiger partial charge in [0.2, 0.25) is 11.8 Å². The molecule has 1 aromatic rings. The molecule has 1 aromatic carbocycles. The second-order valence-electron chi connectivity index (χ2n) is 6.22. The Bertz CT molecular complexity index is 598. The van der Waals surface area contributed by atoms with Gasteiger partial charge in [0.05, 0.1) is 0 Å². The highest BCUT2D eigenvalue weighted by Gasteiger charge is 2.36. The summed E-state index contributed by atoms with van der Waals surface area (Å²) < 4.78 is 10.9. The fraction of sp³-hybridized carbons (Fsp3) is 0.529. The van der Waals surface area contributed by atoms with Crippen molar-refractivity contribution < 1.29 is 19.1 Å². The molecule has 0 saturated carbocycles. The van der Waals surface area contributed by atoms with Crippen molar-refractivity contribution in [1.29, 1.82) is 0 Å². The molecule has 1 unspecified atom stereocenters. The van der Waals surface area contributed by atoms with Crippen molar-refractivity contribution in [1.82, 2.24) is 5.32 Å². The van der Waals surface area contributed by atoms with Gasteiger partial charge in [-0.1, -0.05) is 6.92 Å². The highest BCUT2D eigenvalue weighted by atomic mass is 16.6. The van der Waals surface area contributed by atoms with Gasteiger partial charge in [-0.3, -0.25) is 9.59 Å². The van der Waals surface area contributed by atoms with Crippen molar-refractivity contribution in [2.24, 2.45) is 5.41 Å². The molecule has 1 heterocycles. The van der Waals surface area contributed by atoms with Crippen LogP contribution >= 0.6 is 0 Å². The predicted molar refractivity (Wildman–Crippen MR) is 87.7 cm³/mol. The van der Waals surface area contributed by atoms with Gasteiger partial charge in [0.15, 0.2) is 11.5 Å². The average Bonchev–Trinajstić information content (AvgIpc) is 2.54. The number of amides is 2. The molecule has 0 saturated heterocycles. The van der Waals surface area contributed by atoms with Crippen LogP contribution in [0.1, 0.15) is 34.1 Å². The van der Waals surface area contributed by atoms with Crippen LogP contribution < -0.4 is 20.1 Å². The Labute approximate surface area is 136 Å². The minimum absolute atomic E-state index is 0.0314. The van der Waals surface area contributed by atoms with Crippen molar-refractivity contribution in [2.45, 2.75) is 40.2 Å². The summed E-state index contributed by atoms with van der Waals surface area (Å²) in [5.74, 6) is 0.593. The van der Waals surface area contributed by atoms with Crippen molar-refractivity contribution in [3.8, 4) is 11.5 Å². The number of benzene rings is 1. The standard InChI is InChI=1S/C17H24N2O4/c1-5-11(2)18-15(20)17(3,4)16(21)19-12-6-7-13-14(10-12)23-9-8-22-13/h6-7,10-11H,5,8-9H2,1-4H3,(H,18,20)(H,19,21). The predicted octanol–water partition coefficient (Wildman–Crippen LogP) is 2.34. The Morgan fingerprint density at radius 1 is 1.17 bits per heavy atom. The fourth-order valence-corrected chi connectivity index (χ4v) is 2.02. The lowest BCUT2D eigenvalue weighted by atomic mass is 9.90. The first-order valence-corrected chi connectivity index (χ1v) is 7.86. The van der Waals surface area contributed by atoms with E-state index in [1.54, 1.807) is 32.0 Å². The lowest BCUT2D eigenvalue weighted by Gasteiger charge is -2.25. The maximum Gasteiger partial charge on any atom is 0.239 e. The summed E-state index contributed by atoms with van der Waals surface area (Å²) in [5.41, 5.74) is -0.597. The molecule has 1 aliphatic rings. The van der Waals surface area contributed by atoms with E-state index in [2.05, 4.69) is 10.6 Å². The molecule has 6 nitrogen and oxygen atoms in total. The third-order valence-electron chi connectivity index (χ3n) is 3.93. The number of rotatable bonds is 5. The maximum absolute atomic E-state index is 12.5. The Morgan fingerprint density at radius 2 is 1.83 bits per heavy atom. The van der Waals surface area contributed by atoms with Gasteiger partial charge in [-0.05, 0) is 39.3 Å². The molecule has 2 rings (SSSR count). The number of ether oxygens (including phenoxy) is 2. The molecule has 0 spiro atoms. The maximum atomic E-state index is 12.5. The largest absolute Gasteiger partial charge is 0.486 e. The Morgan fingerprint density at radius 3 is 2.48 bits per heavy atom. The molecule has 0 bridgehead atoms. The molecule has 2 N–H and O–H groups in total. The van der Waals surface area contributed by atoms with E-state index in [0.717, 1.165) is 6.42 Å². The number of anilines is 1. The molecule has 0 fully saturated rings. The minimum Gasteiger partial charge on any atom is -0.486 e. The van der Waals surface area contributed by atoms with Gasteiger partial charge in [-0.25, -0.2) is 0 Å². The van der Waals surface area contributed by atoms with E-state index in [-0.39, 0.29) is 17.9 Å². The topological polar surface area (TPSA) is 76.7 Å². The number of carbonyl (C=O) groups excluding carboxylic acids is 2. The molecule has 23 heavy (non-hydrogen) atoms. The van der Waals surface area contributed by atoms with Gasteiger partial charge in [0.1, 0.15) is 18.6 Å². The summed E-state index contributed by atoms with van der Waals surface area (Å²) in [6.07, 6.45) is 0.811. The Hall–Kier alpha value is -2.24. The van der Waals surface area contributed by atoms with Crippen LogP contribution in [0.15, 0.2) is 18.2 Å². The second kappa shape index (κ2) is 6.89. The van der Waals surface area contributed by atoms with Crippen molar-refractivity contribution in [2.75, 3.05) is 18.5 Å². The van der Waals surface area contributed by atoms with Crippen LogP contribution in [0, 0.1) is 5.41 Å². The lowest BCUT2D eigenvalue weighted by Crippen LogP contribution is -2.47. The summed E-state index contributed by atoms with van der Waals surface area (Å²) in [4.78, 5) is 24.8. The van der Waals surface area contributed by atoms with E-state index in [1.807, 2.05) is 13.8 Å². The fourth-order valence-electron chi connectivity index (χ4n) is 2.02. The Balaban J connectivity index is 2.06. The molecule has 2 amide bonds. The SMILES string of the molecule is CCC(C)NC(=O)C(C)(C)C(=O)Nc1ccc2c(c1)OCCO2. The molecular formula is C17H24N2O4. The second-order valence-corrected chi connectivity index (χ2v) is 6.22. The van der Waals surface area contributed by atoms with E-state index in [4.69, 9.17) is 9.47 Å². The Kier molecular flexibility index (Phi) is 5.13. The van der Waals surface area contributed by atoms with Crippen LogP contribution in [0.2, 0.25) is 0 Å². The van der Waals surface area contributed by atoms with Gasteiger partial charge in [-0.2, -0.15) is 0 Å². The van der Waals surface area contributed by atoms with Crippen LogP contribution in [-0.4, -0.2) is 31.1 Å². The zero-order valence-corrected chi connectivity index (χ0v) is 14.1. The van der Waals surface area contributed by atoms with Crippen LogP contribution in [0.25, 0.3) is 0 Å². The smallest absolute Gasteiger partial charge is 0.239 e. The monoisotopic (exact) mass is 320 g/mol. The van der Waals surface area contributed by atoms with Crippen LogP contribution in [0.5, 0.6) is 11.5 Å². The third-order valence-corrected chi connectivity index (χ3v) is 3.93. The normalized spacial score (nSPS) is 14.8. The van der Waals surface area contributed by atoms with E-state index < -0.39 is 5.41 Å². The molecule has 0 radical (unpaired) electrons. The van der Waals surface area contributed by atoms with E-state index >= 15 is 0 Å². The van der Waals surface area contributed by atoms with Gasteiger partial charge in [-0.15, -0.1) is 0 Å². The summed E-state index contributed by atoms with van der Waals surface area (Å²) in [5, 5.41) is 5.61. The number of fused-ring (bicyclic) bond motifs is 1. The first-order valence-electron chi connectivity index (χ1n) is 7.86. The number of hydrogen-bond acceptors (Lipinski definition) is 4. The van der Waals surface area contributed by atoms with Crippen LogP contribution in [-0.2, 0) is 9.59 Å². The number of carbonyl (C=O) groups is 2. The molecule has 6 heteroatoms. The summed E-state index contributed by atoms with van der Waals surface area (Å²) in [7, 11) is 0. The van der Waals surface area contributed by atoms with E-state index in [1.165, 1.54) is 0 Å². The zero-order valence-electron chi connectivity index (χ0n) is 14.1. The van der Waals surface area contributed by atoms with Gasteiger partial charge in [0.25, 0.3) is 0 Å². The van der Waals surface area contributed by atoms with Crippen molar-refractivity contribution in [3.63, 3.8) is 0 Å². The quantitative estimate of drug-likeness (QED) is 0.817. The zero-order chi connectivity index (χ0) is 17.0. The van der Waals surface area contributed by atoms with E-state index in [0.29, 0.717) is 30.4 Å². The lowest BCUT2D eigenvalue weighted by molar-refractivity contribution is -0.138. The molecule has 1 aliphatic heterocycles. The van der Waals surface area contributed by atoms with Gasteiger partial charge >= 0.3 is 0 Å². The van der Waals surface area contributed by atoms with Gasteiger partial charge in [0, 0.05) is 17.8 Å². The number of hydrogen-bond donors (Lipinski definition) is 2. The first-order chi connectivity index (χ1) is 10.8. The van der Waals surface area contributed by atoms with Crippen LogP contribution in [0.3, 0.4) is 0 Å². The van der Waals surface area contributed by atoms with Crippen LogP contribution in [0.4, 0.5) is 5.69 Å². The number of nitrogens with one attached hydrogen (secondary N) is 2. The average molecular weight is 320 g/mol. The molecule has 0 aromatic heterocycles. The summed E-state index contributed by atoms with van der Waals surface area (Å²) in [6.45, 7) is 8.10. The molecule has 1 atom stereocenters. The first kappa shape index (κ1) is 17.1. The van der Waals surface area contributed by atoms with Crippen molar-refractivity contribution >= 4 is 17.5 Å². The molecular weight excluding hydrogens is 296 g/mol. The highest BCUT2D eigenvalue weighted by Crippen LogP contribution is 2.33. The minimum atomic E-state index is -1.17. The molecule has 0 aliphatic carbocycles.